The number of halogens is 1. The third kappa shape index (κ3) is 1.65. The van der Waals surface area contributed by atoms with Crippen molar-refractivity contribution in [3.05, 3.63) is 0 Å². The van der Waals surface area contributed by atoms with Gasteiger partial charge in [0, 0.05) is 0 Å². The Morgan fingerprint density at radius 3 is 2.73 bits per heavy atom. The van der Waals surface area contributed by atoms with Crippen molar-refractivity contribution >= 4 is 17.6 Å². The van der Waals surface area contributed by atoms with Crippen molar-refractivity contribution in [1.82, 2.24) is 0 Å². The fourth-order valence-corrected chi connectivity index (χ4v) is 1.22. The molecule has 0 bridgehead atoms. The van der Waals surface area contributed by atoms with Gasteiger partial charge in [-0.25, -0.2) is 0 Å². The standard InChI is InChI=1S/C7H11ClO3/c1-7(2)3-4(9)11-6(10)5(7)8/h5-6,10H,3H2,1-2H3. The maximum absolute atomic E-state index is 10.8. The number of aliphatic hydroxyl groups is 1. The van der Waals surface area contributed by atoms with Crippen molar-refractivity contribution in [1.29, 1.82) is 0 Å². The van der Waals surface area contributed by atoms with Crippen molar-refractivity contribution < 1.29 is 14.6 Å². The van der Waals surface area contributed by atoms with E-state index in [1.54, 1.807) is 0 Å². The summed E-state index contributed by atoms with van der Waals surface area (Å²) in [6, 6.07) is 0. The third-order valence-electron chi connectivity index (χ3n) is 1.85. The Kier molecular flexibility index (Phi) is 2.12. The number of hydrogen-bond donors (Lipinski definition) is 1. The van der Waals surface area contributed by atoms with Gasteiger partial charge >= 0.3 is 5.97 Å². The predicted molar refractivity (Wildman–Crippen MR) is 40.1 cm³/mol. The molecule has 0 radical (unpaired) electrons. The molecule has 0 saturated carbocycles. The molecule has 1 fully saturated rings. The summed E-state index contributed by atoms with van der Waals surface area (Å²) in [5.74, 6) is -0.389. The van der Waals surface area contributed by atoms with E-state index in [1.807, 2.05) is 13.8 Å². The molecule has 0 aliphatic carbocycles. The zero-order valence-corrected chi connectivity index (χ0v) is 7.26. The quantitative estimate of drug-likeness (QED) is 0.443. The normalized spacial score (nSPS) is 36.5. The number of esters is 1. The molecular formula is C7H11ClO3. The second kappa shape index (κ2) is 2.64. The first-order valence-electron chi connectivity index (χ1n) is 3.45. The molecule has 2 atom stereocenters. The zero-order chi connectivity index (χ0) is 8.65. The minimum absolute atomic E-state index is 0.262. The van der Waals surface area contributed by atoms with Crippen molar-refractivity contribution in [2.75, 3.05) is 0 Å². The fraction of sp³-hybridized carbons (Fsp3) is 0.857. The lowest BCUT2D eigenvalue weighted by atomic mass is 9.83. The van der Waals surface area contributed by atoms with E-state index in [2.05, 4.69) is 4.74 Å². The van der Waals surface area contributed by atoms with Gasteiger partial charge in [-0.3, -0.25) is 4.79 Å². The first kappa shape index (κ1) is 8.81. The molecule has 0 spiro atoms. The van der Waals surface area contributed by atoms with Crippen LogP contribution in [0.1, 0.15) is 20.3 Å². The van der Waals surface area contributed by atoms with Crippen molar-refractivity contribution in [2.24, 2.45) is 5.41 Å². The van der Waals surface area contributed by atoms with Crippen LogP contribution in [0, 0.1) is 5.41 Å². The van der Waals surface area contributed by atoms with Crippen molar-refractivity contribution in [2.45, 2.75) is 31.9 Å². The van der Waals surface area contributed by atoms with Crippen LogP contribution in [0.25, 0.3) is 0 Å². The smallest absolute Gasteiger partial charge is 0.308 e. The summed E-state index contributed by atoms with van der Waals surface area (Å²) in [6.07, 6.45) is -0.897. The largest absolute Gasteiger partial charge is 0.434 e. The molecule has 1 saturated heterocycles. The molecule has 1 N–H and O–H groups in total. The molecule has 1 rings (SSSR count). The second-order valence-electron chi connectivity index (χ2n) is 3.45. The van der Waals surface area contributed by atoms with Gasteiger partial charge in [-0.2, -0.15) is 0 Å². The average molecular weight is 179 g/mol. The Balaban J connectivity index is 2.75. The molecular weight excluding hydrogens is 168 g/mol. The van der Waals surface area contributed by atoms with E-state index < -0.39 is 11.7 Å². The minimum Gasteiger partial charge on any atom is -0.434 e. The van der Waals surface area contributed by atoms with E-state index in [-0.39, 0.29) is 17.8 Å². The predicted octanol–water partition coefficient (Wildman–Crippen LogP) is 0.885. The number of carbonyl (C=O) groups is 1. The van der Waals surface area contributed by atoms with Gasteiger partial charge in [-0.05, 0) is 5.41 Å². The molecule has 1 heterocycles. The van der Waals surface area contributed by atoms with E-state index in [1.165, 1.54) is 0 Å². The summed E-state index contributed by atoms with van der Waals surface area (Å²) in [5, 5.41) is 8.60. The molecule has 3 nitrogen and oxygen atoms in total. The second-order valence-corrected chi connectivity index (χ2v) is 3.92. The number of alkyl halides is 1. The summed E-state index contributed by atoms with van der Waals surface area (Å²) in [5.41, 5.74) is -0.379. The number of rotatable bonds is 0. The highest BCUT2D eigenvalue weighted by Crippen LogP contribution is 2.36. The molecule has 0 aromatic carbocycles. The van der Waals surface area contributed by atoms with E-state index >= 15 is 0 Å². The molecule has 0 amide bonds. The van der Waals surface area contributed by atoms with Crippen LogP contribution in [-0.2, 0) is 9.53 Å². The first-order chi connectivity index (χ1) is 4.93. The van der Waals surface area contributed by atoms with Crippen LogP contribution in [0.4, 0.5) is 0 Å². The highest BCUT2D eigenvalue weighted by molar-refractivity contribution is 6.21. The Morgan fingerprint density at radius 1 is 1.73 bits per heavy atom. The van der Waals surface area contributed by atoms with Gasteiger partial charge in [0.05, 0.1) is 6.42 Å². The molecule has 4 heteroatoms. The van der Waals surface area contributed by atoms with E-state index in [0.29, 0.717) is 0 Å². The van der Waals surface area contributed by atoms with Gasteiger partial charge in [0.15, 0.2) is 0 Å². The lowest BCUT2D eigenvalue weighted by Gasteiger charge is -2.36. The van der Waals surface area contributed by atoms with Gasteiger partial charge in [0.25, 0.3) is 0 Å². The monoisotopic (exact) mass is 178 g/mol. The first-order valence-corrected chi connectivity index (χ1v) is 3.89. The van der Waals surface area contributed by atoms with E-state index in [9.17, 15) is 4.79 Å². The molecule has 1 aliphatic rings. The number of hydrogen-bond acceptors (Lipinski definition) is 3. The molecule has 2 unspecified atom stereocenters. The zero-order valence-electron chi connectivity index (χ0n) is 6.50. The van der Waals surface area contributed by atoms with Crippen LogP contribution in [0.5, 0.6) is 0 Å². The molecule has 1 aliphatic heterocycles. The molecule has 0 aromatic heterocycles. The van der Waals surface area contributed by atoms with Crippen LogP contribution in [0.3, 0.4) is 0 Å². The lowest BCUT2D eigenvalue weighted by Crippen LogP contribution is -2.45. The van der Waals surface area contributed by atoms with Gasteiger partial charge < -0.3 is 9.84 Å². The van der Waals surface area contributed by atoms with Gasteiger partial charge in [-0.15, -0.1) is 11.6 Å². The van der Waals surface area contributed by atoms with Crippen LogP contribution >= 0.6 is 11.6 Å². The summed E-state index contributed by atoms with van der Waals surface area (Å²) >= 11 is 5.80. The summed E-state index contributed by atoms with van der Waals surface area (Å²) in [6.45, 7) is 3.66. The molecule has 64 valence electrons. The number of aliphatic hydroxyl groups excluding tert-OH is 1. The Morgan fingerprint density at radius 2 is 2.27 bits per heavy atom. The third-order valence-corrected chi connectivity index (χ3v) is 2.66. The lowest BCUT2D eigenvalue weighted by molar-refractivity contribution is -0.185. The molecule has 0 aromatic rings. The van der Waals surface area contributed by atoms with Gasteiger partial charge in [0.2, 0.25) is 6.29 Å². The van der Waals surface area contributed by atoms with Crippen molar-refractivity contribution in [3.63, 3.8) is 0 Å². The topological polar surface area (TPSA) is 46.5 Å². The highest BCUT2D eigenvalue weighted by atomic mass is 35.5. The van der Waals surface area contributed by atoms with Crippen LogP contribution in [0.2, 0.25) is 0 Å². The van der Waals surface area contributed by atoms with Gasteiger partial charge in [-0.1, -0.05) is 13.8 Å². The summed E-state index contributed by atoms with van der Waals surface area (Å²) in [7, 11) is 0. The van der Waals surface area contributed by atoms with Crippen LogP contribution < -0.4 is 0 Å². The van der Waals surface area contributed by atoms with Gasteiger partial charge in [0.1, 0.15) is 5.38 Å². The van der Waals surface area contributed by atoms with Crippen LogP contribution in [0.15, 0.2) is 0 Å². The Bertz CT molecular complexity index is 179. The Labute approximate surface area is 70.3 Å². The Hall–Kier alpha value is -0.280. The molecule has 11 heavy (non-hydrogen) atoms. The van der Waals surface area contributed by atoms with E-state index in [4.69, 9.17) is 16.7 Å². The number of carbonyl (C=O) groups excluding carboxylic acids is 1. The summed E-state index contributed by atoms with van der Waals surface area (Å²) < 4.78 is 4.52. The average Bonchev–Trinajstić information content (AvgIpc) is 1.81. The summed E-state index contributed by atoms with van der Waals surface area (Å²) in [4.78, 5) is 10.8. The SMILES string of the molecule is CC1(C)CC(=O)OC(O)C1Cl. The van der Waals surface area contributed by atoms with E-state index in [0.717, 1.165) is 0 Å². The maximum atomic E-state index is 10.8. The maximum Gasteiger partial charge on any atom is 0.308 e. The number of ether oxygens (including phenoxy) is 1. The minimum atomic E-state index is -1.16. The van der Waals surface area contributed by atoms with Crippen molar-refractivity contribution in [3.8, 4) is 0 Å². The van der Waals surface area contributed by atoms with Crippen LogP contribution in [-0.4, -0.2) is 22.7 Å². The highest BCUT2D eigenvalue weighted by Gasteiger charge is 2.42. The number of cyclic esters (lactones) is 1. The fourth-order valence-electron chi connectivity index (χ4n) is 1.09.